The number of aryl methyl sites for hydroxylation is 1. The molecular weight excluding hydrogens is 1600 g/mol. The van der Waals surface area contributed by atoms with Crippen molar-refractivity contribution in [3.05, 3.63) is 209 Å². The van der Waals surface area contributed by atoms with Crippen molar-refractivity contribution in [1.82, 2.24) is 39.2 Å². The average Bonchev–Trinajstić information content (AvgIpc) is 0.892. The molecule has 1 fully saturated rings. The van der Waals surface area contributed by atoms with Crippen LogP contribution >= 0.6 is 0 Å². The van der Waals surface area contributed by atoms with E-state index in [0.29, 0.717) is 65.4 Å². The lowest BCUT2D eigenvalue weighted by molar-refractivity contribution is -0.929. The molecule has 7 rings (SSSR count). The molecule has 126 heavy (non-hydrogen) atoms. The quantitative estimate of drug-likeness (QED) is 0.0151. The van der Waals surface area contributed by atoms with Crippen LogP contribution in [0.15, 0.2) is 181 Å². The van der Waals surface area contributed by atoms with Crippen LogP contribution in [0, 0.1) is 6.92 Å². The third kappa shape index (κ3) is 46.9. The van der Waals surface area contributed by atoms with Gasteiger partial charge >= 0.3 is 30.5 Å². The molecular formula is C103H159N9O13S. The second kappa shape index (κ2) is 54.7. The van der Waals surface area contributed by atoms with E-state index in [-0.39, 0.29) is 35.4 Å². The number of rotatable bonds is 41. The number of nitrogens with zero attached hydrogens (tertiary/aromatic N) is 9. The molecule has 23 heteroatoms. The van der Waals surface area contributed by atoms with Crippen molar-refractivity contribution < 1.29 is 65.1 Å². The number of benzene rings is 6. The van der Waals surface area contributed by atoms with Gasteiger partial charge in [-0.25, -0.2) is 32.4 Å². The van der Waals surface area contributed by atoms with Gasteiger partial charge in [0.2, 0.25) is 0 Å². The summed E-state index contributed by atoms with van der Waals surface area (Å²) in [5, 5.41) is 0. The van der Waals surface area contributed by atoms with E-state index in [1.807, 2.05) is 226 Å². The van der Waals surface area contributed by atoms with Crippen LogP contribution in [0.1, 0.15) is 253 Å². The molecule has 0 spiro atoms. The monoisotopic (exact) mass is 1760 g/mol. The molecule has 0 aliphatic carbocycles. The Bertz CT molecular complexity index is 4050. The average molecular weight is 1760 g/mol. The Morgan fingerprint density at radius 3 is 0.762 bits per heavy atom. The highest BCUT2D eigenvalue weighted by molar-refractivity contribution is 7.85. The highest BCUT2D eigenvalue weighted by Crippen LogP contribution is 2.25. The lowest BCUT2D eigenvalue weighted by atomic mass is 10.1. The Morgan fingerprint density at radius 1 is 0.310 bits per heavy atom. The number of amides is 5. The van der Waals surface area contributed by atoms with Gasteiger partial charge in [0.25, 0.3) is 0 Å². The SMILES string of the molecule is CC(C)(C)OC(=O)N(CCCCCN1CCCN(CCCCCN(Cc2ccccc2)C(=O)OC(C)(C)C)CCN(CCCCCN(Cc2ccccc2)C(=O)OC(C)(C)C)CCC[N+](CCCCCN(Cc2ccccc2)C(=O)OC(C)(C)C)(CCCCCN(Cc2ccccc2)C(=O)OC(C)(C)C)CCC1)Cc1ccccc1.Cc1ccc(S(=O)(=O)[O-])cc1. The second-order valence-electron chi connectivity index (χ2n) is 39.3. The Morgan fingerprint density at radius 2 is 0.532 bits per heavy atom. The first-order valence-corrected chi connectivity index (χ1v) is 48.2. The number of hydrogen-bond donors (Lipinski definition) is 0. The van der Waals surface area contributed by atoms with Gasteiger partial charge in [-0.15, -0.1) is 0 Å². The fourth-order valence-corrected chi connectivity index (χ4v) is 16.0. The summed E-state index contributed by atoms with van der Waals surface area (Å²) in [5.74, 6) is 0. The summed E-state index contributed by atoms with van der Waals surface area (Å²) in [4.78, 5) is 86.7. The zero-order valence-electron chi connectivity index (χ0n) is 80.0. The molecule has 1 heterocycles. The molecule has 1 aliphatic heterocycles. The number of unbranched alkanes of at least 4 members (excludes halogenated alkanes) is 10. The molecule has 1 saturated heterocycles. The molecule has 700 valence electrons. The van der Waals surface area contributed by atoms with Crippen LogP contribution < -0.4 is 0 Å². The minimum absolute atomic E-state index is 0.178. The summed E-state index contributed by atoms with van der Waals surface area (Å²) in [6.45, 7) is 49.0. The van der Waals surface area contributed by atoms with Crippen LogP contribution in [0.2, 0.25) is 0 Å². The highest BCUT2D eigenvalue weighted by atomic mass is 32.2. The summed E-state index contributed by atoms with van der Waals surface area (Å²) in [6, 6.07) is 56.9. The van der Waals surface area contributed by atoms with Crippen LogP contribution in [-0.4, -0.2) is 233 Å². The maximum Gasteiger partial charge on any atom is 0.410 e. The molecule has 1 aliphatic rings. The molecule has 0 atom stereocenters. The second-order valence-corrected chi connectivity index (χ2v) is 40.7. The number of hydrogen-bond acceptors (Lipinski definition) is 16. The lowest BCUT2D eigenvalue weighted by Gasteiger charge is -2.40. The third-order valence-corrected chi connectivity index (χ3v) is 22.7. The predicted molar refractivity (Wildman–Crippen MR) is 507 cm³/mol. The van der Waals surface area contributed by atoms with Crippen LogP contribution in [0.3, 0.4) is 0 Å². The van der Waals surface area contributed by atoms with Crippen LogP contribution in [0.5, 0.6) is 0 Å². The summed E-state index contributed by atoms with van der Waals surface area (Å²) >= 11 is 0. The highest BCUT2D eigenvalue weighted by Gasteiger charge is 2.32. The summed E-state index contributed by atoms with van der Waals surface area (Å²) < 4.78 is 62.2. The predicted octanol–water partition coefficient (Wildman–Crippen LogP) is 21.8. The number of quaternary nitrogens is 1. The number of ether oxygens (including phenoxy) is 5. The fraction of sp³-hybridized carbons (Fsp3) is 0.602. The molecule has 0 saturated carbocycles. The summed E-state index contributed by atoms with van der Waals surface area (Å²) in [5.41, 5.74) is 3.25. The molecule has 5 amide bonds. The molecule has 0 aromatic heterocycles. The first-order valence-electron chi connectivity index (χ1n) is 46.8. The van der Waals surface area contributed by atoms with E-state index in [1.165, 1.54) is 12.1 Å². The van der Waals surface area contributed by atoms with Crippen LogP contribution in [-0.2, 0) is 66.5 Å². The normalized spacial score (nSPS) is 14.4. The molecule has 6 aromatic carbocycles. The lowest BCUT2D eigenvalue weighted by Crippen LogP contribution is -2.52. The van der Waals surface area contributed by atoms with E-state index in [0.717, 1.165) is 239 Å². The Kier molecular flexibility index (Phi) is 46.1. The first kappa shape index (κ1) is 106. The smallest absolute Gasteiger partial charge is 0.410 e. The van der Waals surface area contributed by atoms with Crippen molar-refractivity contribution in [2.45, 2.75) is 292 Å². The molecule has 0 unspecified atom stereocenters. The van der Waals surface area contributed by atoms with Gasteiger partial charge in [-0.1, -0.05) is 189 Å². The fourth-order valence-electron chi connectivity index (χ4n) is 15.6. The maximum absolute atomic E-state index is 14.0. The number of carbonyl (C=O) groups is 5. The van der Waals surface area contributed by atoms with Gasteiger partial charge in [-0.2, -0.15) is 0 Å². The van der Waals surface area contributed by atoms with Gasteiger partial charge in [-0.3, -0.25) is 0 Å². The van der Waals surface area contributed by atoms with Gasteiger partial charge < -0.3 is 71.9 Å². The van der Waals surface area contributed by atoms with E-state index in [9.17, 15) is 36.9 Å². The molecule has 0 bridgehead atoms. The van der Waals surface area contributed by atoms with E-state index >= 15 is 0 Å². The van der Waals surface area contributed by atoms with Gasteiger partial charge in [0.1, 0.15) is 38.1 Å². The zero-order chi connectivity index (χ0) is 92.1. The van der Waals surface area contributed by atoms with Crippen molar-refractivity contribution in [2.75, 3.05) is 118 Å². The van der Waals surface area contributed by atoms with Crippen molar-refractivity contribution >= 4 is 40.6 Å². The Hall–Kier alpha value is -8.58. The van der Waals surface area contributed by atoms with E-state index in [2.05, 4.69) is 75.4 Å². The Balaban J connectivity index is 0.00000206. The molecule has 0 N–H and O–H groups in total. The van der Waals surface area contributed by atoms with E-state index in [1.54, 1.807) is 12.1 Å². The minimum Gasteiger partial charge on any atom is -0.744 e. The van der Waals surface area contributed by atoms with Gasteiger partial charge in [0.15, 0.2) is 0 Å². The van der Waals surface area contributed by atoms with E-state index < -0.39 is 38.1 Å². The van der Waals surface area contributed by atoms with Gasteiger partial charge in [0, 0.05) is 104 Å². The standard InChI is InChI=1S/C96H152N9O10.C7H8O3S/c1-92(2,3)111-87(106)100(77-82-49-26-16-27-50-82)66-39-21-36-59-97-62-46-63-98(60-37-22-40-67-101(88(107)112-93(4,5)6)78-83-51-28-17-29-52-83)71-72-99(61-38-23-41-68-102(89(108)113-94(7,8)9)79-84-53-30-18-31-54-84)65-48-76-105(75-47-64-97,73-44-24-42-69-103(90(109)114-95(10,11)12)80-85-55-32-19-33-56-85)74-45-25-43-70-104(91(110)115-96(13,14)15)81-86-57-34-20-35-58-86;1-6-2-4-7(5-3-6)11(8,9)10/h16-20,26-35,49-58H,21-25,36-48,59-81H2,1-15H3;2-5H,1H3,(H,8,9,10)/q+1;/p-1. The van der Waals surface area contributed by atoms with Gasteiger partial charge in [-0.05, 0) is 267 Å². The van der Waals surface area contributed by atoms with E-state index in [4.69, 9.17) is 23.7 Å². The molecule has 6 aromatic rings. The topological polar surface area (TPSA) is 215 Å². The minimum atomic E-state index is -4.27. The maximum atomic E-state index is 14.0. The van der Waals surface area contributed by atoms with Crippen LogP contribution in [0.4, 0.5) is 24.0 Å². The number of carbonyl (C=O) groups excluding carboxylic acids is 5. The van der Waals surface area contributed by atoms with Crippen molar-refractivity contribution in [2.24, 2.45) is 0 Å². The van der Waals surface area contributed by atoms with Crippen LogP contribution in [0.25, 0.3) is 0 Å². The molecule has 0 radical (unpaired) electrons. The van der Waals surface area contributed by atoms with Gasteiger partial charge in [0.05, 0.1) is 31.1 Å². The first-order chi connectivity index (χ1) is 59.7. The van der Waals surface area contributed by atoms with Crippen molar-refractivity contribution in [3.63, 3.8) is 0 Å². The van der Waals surface area contributed by atoms with Crippen molar-refractivity contribution in [1.29, 1.82) is 0 Å². The molecule has 22 nitrogen and oxygen atoms in total. The summed E-state index contributed by atoms with van der Waals surface area (Å²) in [6.07, 6.45) is 15.9. The third-order valence-electron chi connectivity index (χ3n) is 21.9. The zero-order valence-corrected chi connectivity index (χ0v) is 80.8. The Labute approximate surface area is 759 Å². The van der Waals surface area contributed by atoms with Crippen molar-refractivity contribution in [3.8, 4) is 0 Å². The summed E-state index contributed by atoms with van der Waals surface area (Å²) in [7, 11) is -4.27. The largest absolute Gasteiger partial charge is 0.744 e.